The maximum absolute atomic E-state index is 11.9. The minimum Gasteiger partial charge on any atom is -0.463 e. The summed E-state index contributed by atoms with van der Waals surface area (Å²) in [6.45, 7) is 14.5. The standard InChI is InChI=1S/C50H98O14/c1-3-5-7-9-11-12-13-14-15-16-17-18-20-22-24-26-50(52)64-48-46-62-44-42-60-40-38-58-36-34-56-32-30-54-28-27-53-29-31-55-33-35-57-37-39-59-41-43-61-45-47-63-49(51)25-23-21-19-10-8-6-4-2/h3-48H2,1-2H3. The molecule has 0 bridgehead atoms. The van der Waals surface area contributed by atoms with Gasteiger partial charge in [0, 0.05) is 12.8 Å². The normalized spacial score (nSPS) is 11.5. The van der Waals surface area contributed by atoms with Crippen LogP contribution in [0, 0.1) is 0 Å². The van der Waals surface area contributed by atoms with Gasteiger partial charge in [-0.3, -0.25) is 9.59 Å². The molecule has 382 valence electrons. The van der Waals surface area contributed by atoms with Gasteiger partial charge in [-0.1, -0.05) is 142 Å². The van der Waals surface area contributed by atoms with Crippen LogP contribution >= 0.6 is 0 Å². The molecule has 0 aromatic carbocycles. The lowest BCUT2D eigenvalue weighted by Gasteiger charge is -2.09. The molecule has 0 rings (SSSR count). The Kier molecular flexibility index (Phi) is 56.4. The summed E-state index contributed by atoms with van der Waals surface area (Å²) in [4.78, 5) is 23.7. The van der Waals surface area contributed by atoms with Crippen molar-refractivity contribution in [3.05, 3.63) is 0 Å². The van der Waals surface area contributed by atoms with E-state index in [1.165, 1.54) is 116 Å². The molecule has 0 saturated heterocycles. The Morgan fingerprint density at radius 3 is 0.562 bits per heavy atom. The van der Waals surface area contributed by atoms with Crippen LogP contribution in [0.4, 0.5) is 0 Å². The molecule has 0 aliphatic heterocycles. The third-order valence-electron chi connectivity index (χ3n) is 10.3. The molecule has 14 nitrogen and oxygen atoms in total. The highest BCUT2D eigenvalue weighted by Crippen LogP contribution is 2.14. The van der Waals surface area contributed by atoms with Crippen molar-refractivity contribution in [3.63, 3.8) is 0 Å². The number of carbonyl (C=O) groups excluding carboxylic acids is 2. The van der Waals surface area contributed by atoms with Crippen molar-refractivity contribution in [3.8, 4) is 0 Å². The highest BCUT2D eigenvalue weighted by molar-refractivity contribution is 5.69. The average Bonchev–Trinajstić information content (AvgIpc) is 3.30. The van der Waals surface area contributed by atoms with Crippen molar-refractivity contribution in [1.29, 1.82) is 0 Å². The van der Waals surface area contributed by atoms with Crippen molar-refractivity contribution in [1.82, 2.24) is 0 Å². The monoisotopic (exact) mass is 923 g/mol. The van der Waals surface area contributed by atoms with Crippen LogP contribution in [0.15, 0.2) is 0 Å². The summed E-state index contributed by atoms with van der Waals surface area (Å²) in [7, 11) is 0. The molecule has 0 radical (unpaired) electrons. The van der Waals surface area contributed by atoms with E-state index in [1.54, 1.807) is 0 Å². The fourth-order valence-corrected chi connectivity index (χ4v) is 6.52. The predicted octanol–water partition coefficient (Wildman–Crippen LogP) is 9.64. The van der Waals surface area contributed by atoms with Crippen molar-refractivity contribution >= 4 is 11.9 Å². The Balaban J connectivity index is 3.15. The van der Waals surface area contributed by atoms with Gasteiger partial charge in [0.1, 0.15) is 13.2 Å². The average molecular weight is 923 g/mol. The third kappa shape index (κ3) is 56.7. The highest BCUT2D eigenvalue weighted by Gasteiger charge is 2.05. The molecule has 0 aromatic rings. The van der Waals surface area contributed by atoms with Gasteiger partial charge in [0.25, 0.3) is 0 Å². The number of rotatable bonds is 57. The lowest BCUT2D eigenvalue weighted by Crippen LogP contribution is -2.16. The maximum Gasteiger partial charge on any atom is 0.305 e. The SMILES string of the molecule is CCCCCCCCCCCCCCCCCC(=O)OCCOCCOCCOCCOCCOCCOCCOCCOCCOCCOCCOC(=O)CCCCCCCCC. The van der Waals surface area contributed by atoms with Crippen LogP contribution in [0.5, 0.6) is 0 Å². The summed E-state index contributed by atoms with van der Waals surface area (Å²) in [5.74, 6) is -0.275. The van der Waals surface area contributed by atoms with Crippen molar-refractivity contribution in [2.75, 3.05) is 145 Å². The van der Waals surface area contributed by atoms with Crippen molar-refractivity contribution in [2.45, 2.75) is 168 Å². The Hall–Kier alpha value is -1.46. The molecular weight excluding hydrogens is 825 g/mol. The maximum atomic E-state index is 11.9. The van der Waals surface area contributed by atoms with E-state index in [2.05, 4.69) is 13.8 Å². The van der Waals surface area contributed by atoms with Gasteiger partial charge in [0.15, 0.2) is 0 Å². The Morgan fingerprint density at radius 2 is 0.375 bits per heavy atom. The molecule has 0 amide bonds. The van der Waals surface area contributed by atoms with E-state index >= 15 is 0 Å². The van der Waals surface area contributed by atoms with Crippen molar-refractivity contribution < 1.29 is 66.4 Å². The first-order valence-corrected chi connectivity index (χ1v) is 25.8. The first-order valence-electron chi connectivity index (χ1n) is 25.8. The van der Waals surface area contributed by atoms with Crippen LogP contribution in [0.1, 0.15) is 168 Å². The Morgan fingerprint density at radius 1 is 0.219 bits per heavy atom. The summed E-state index contributed by atoms with van der Waals surface area (Å²) in [5, 5.41) is 0. The fraction of sp³-hybridized carbons (Fsp3) is 0.960. The lowest BCUT2D eigenvalue weighted by atomic mass is 10.0. The minimum atomic E-state index is -0.142. The summed E-state index contributed by atoms with van der Waals surface area (Å²) in [5.41, 5.74) is 0. The number of ether oxygens (including phenoxy) is 12. The van der Waals surface area contributed by atoms with Crippen LogP contribution in [-0.4, -0.2) is 157 Å². The zero-order valence-electron chi connectivity index (χ0n) is 41.2. The third-order valence-corrected chi connectivity index (χ3v) is 10.3. The van der Waals surface area contributed by atoms with E-state index in [9.17, 15) is 9.59 Å². The van der Waals surface area contributed by atoms with Gasteiger partial charge < -0.3 is 56.8 Å². The summed E-state index contributed by atoms with van der Waals surface area (Å²) in [6.07, 6.45) is 29.0. The van der Waals surface area contributed by atoms with E-state index in [0.29, 0.717) is 145 Å². The zero-order valence-corrected chi connectivity index (χ0v) is 41.2. The molecule has 0 unspecified atom stereocenters. The van der Waals surface area contributed by atoms with Crippen LogP contribution in [0.2, 0.25) is 0 Å². The second-order valence-electron chi connectivity index (χ2n) is 16.1. The first kappa shape index (κ1) is 62.5. The van der Waals surface area contributed by atoms with Crippen LogP contribution in [0.3, 0.4) is 0 Å². The molecule has 0 atom stereocenters. The number of carbonyl (C=O) groups is 2. The summed E-state index contributed by atoms with van der Waals surface area (Å²) in [6, 6.07) is 0. The number of unbranched alkanes of at least 4 members (excludes halogenated alkanes) is 20. The molecule has 14 heteroatoms. The van der Waals surface area contributed by atoms with E-state index in [1.807, 2.05) is 0 Å². The van der Waals surface area contributed by atoms with E-state index < -0.39 is 0 Å². The highest BCUT2D eigenvalue weighted by atomic mass is 16.6. The fourth-order valence-electron chi connectivity index (χ4n) is 6.52. The number of hydrogen-bond donors (Lipinski definition) is 0. The molecule has 0 aromatic heterocycles. The second kappa shape index (κ2) is 57.7. The molecule has 0 aliphatic rings. The summed E-state index contributed by atoms with van der Waals surface area (Å²) >= 11 is 0. The molecule has 0 N–H and O–H groups in total. The molecule has 0 fully saturated rings. The van der Waals surface area contributed by atoms with Gasteiger partial charge >= 0.3 is 11.9 Å². The molecule has 64 heavy (non-hydrogen) atoms. The van der Waals surface area contributed by atoms with Gasteiger partial charge in [-0.15, -0.1) is 0 Å². The molecule has 0 aliphatic carbocycles. The molecule has 0 spiro atoms. The van der Waals surface area contributed by atoms with Crippen LogP contribution in [-0.2, 0) is 66.4 Å². The van der Waals surface area contributed by atoms with Crippen molar-refractivity contribution in [2.24, 2.45) is 0 Å². The van der Waals surface area contributed by atoms with Gasteiger partial charge in [-0.05, 0) is 12.8 Å². The number of hydrogen-bond acceptors (Lipinski definition) is 14. The van der Waals surface area contributed by atoms with Gasteiger partial charge in [0.05, 0.1) is 132 Å². The van der Waals surface area contributed by atoms with E-state index in [0.717, 1.165) is 25.7 Å². The van der Waals surface area contributed by atoms with Gasteiger partial charge in [-0.25, -0.2) is 0 Å². The smallest absolute Gasteiger partial charge is 0.305 e. The first-order chi connectivity index (χ1) is 31.7. The quantitative estimate of drug-likeness (QED) is 0.0422. The largest absolute Gasteiger partial charge is 0.463 e. The van der Waals surface area contributed by atoms with E-state index in [-0.39, 0.29) is 25.2 Å². The number of esters is 2. The lowest BCUT2D eigenvalue weighted by molar-refractivity contribution is -0.146. The van der Waals surface area contributed by atoms with E-state index in [4.69, 9.17) is 56.8 Å². The Bertz CT molecular complexity index is 899. The molecular formula is C50H98O14. The zero-order chi connectivity index (χ0) is 46.2. The topological polar surface area (TPSA) is 145 Å². The molecule has 0 saturated carbocycles. The predicted molar refractivity (Wildman–Crippen MR) is 252 cm³/mol. The van der Waals surface area contributed by atoms with Gasteiger partial charge in [0.2, 0.25) is 0 Å². The minimum absolute atomic E-state index is 0.133. The van der Waals surface area contributed by atoms with Crippen LogP contribution < -0.4 is 0 Å². The second-order valence-corrected chi connectivity index (χ2v) is 16.1. The summed E-state index contributed by atoms with van der Waals surface area (Å²) < 4.78 is 65.5. The van der Waals surface area contributed by atoms with Crippen LogP contribution in [0.25, 0.3) is 0 Å². The molecule has 0 heterocycles. The van der Waals surface area contributed by atoms with Gasteiger partial charge in [-0.2, -0.15) is 0 Å². The Labute approximate surface area is 390 Å².